The van der Waals surface area contributed by atoms with Crippen LogP contribution >= 0.6 is 0 Å². The van der Waals surface area contributed by atoms with Crippen molar-refractivity contribution in [3.8, 4) is 0 Å². The fourth-order valence-corrected chi connectivity index (χ4v) is 3.82. The molecule has 1 unspecified atom stereocenters. The van der Waals surface area contributed by atoms with Crippen molar-refractivity contribution in [1.82, 2.24) is 19.6 Å². The minimum Gasteiger partial charge on any atom is -0.334 e. The second kappa shape index (κ2) is 7.27. The fourth-order valence-electron chi connectivity index (χ4n) is 3.82. The molecule has 0 aliphatic carbocycles. The van der Waals surface area contributed by atoms with E-state index in [1.165, 1.54) is 32.4 Å². The highest BCUT2D eigenvalue weighted by atomic mass is 16.2. The van der Waals surface area contributed by atoms with Crippen LogP contribution in [0.25, 0.3) is 0 Å². The molecule has 1 amide bonds. The molecule has 22 heavy (non-hydrogen) atoms. The number of nitrogens with zero attached hydrogens (tertiary/aromatic N) is 4. The zero-order valence-electron chi connectivity index (χ0n) is 13.7. The molecule has 1 aromatic heterocycles. The van der Waals surface area contributed by atoms with E-state index in [2.05, 4.69) is 14.9 Å². The molecule has 2 aliphatic rings. The van der Waals surface area contributed by atoms with Crippen LogP contribution in [0.5, 0.6) is 0 Å². The molecule has 122 valence electrons. The molecule has 3 heterocycles. The second-order valence-electron chi connectivity index (χ2n) is 6.52. The molecular weight excluding hydrogens is 276 g/mol. The Labute approximate surface area is 133 Å². The molecule has 2 aliphatic heterocycles. The summed E-state index contributed by atoms with van der Waals surface area (Å²) < 4.78 is 1.81. The van der Waals surface area contributed by atoms with Gasteiger partial charge in [-0.2, -0.15) is 5.10 Å². The Kier molecular flexibility index (Phi) is 5.13. The van der Waals surface area contributed by atoms with Crippen LogP contribution in [-0.4, -0.2) is 57.7 Å². The van der Waals surface area contributed by atoms with Crippen molar-refractivity contribution in [3.05, 3.63) is 18.0 Å². The number of carbonyl (C=O) groups is 1. The van der Waals surface area contributed by atoms with Gasteiger partial charge < -0.3 is 9.80 Å². The molecule has 0 aromatic carbocycles. The Hall–Kier alpha value is -1.36. The lowest BCUT2D eigenvalue weighted by Gasteiger charge is -2.36. The number of carbonyl (C=O) groups excluding carboxylic acids is 1. The molecular formula is C17H28N4O. The fraction of sp³-hybridized carbons (Fsp3) is 0.765. The van der Waals surface area contributed by atoms with Crippen LogP contribution in [0.2, 0.25) is 0 Å². The smallest absolute Gasteiger partial charge is 0.272 e. The predicted molar refractivity (Wildman–Crippen MR) is 86.9 cm³/mol. The summed E-state index contributed by atoms with van der Waals surface area (Å²) in [6.45, 7) is 7.30. The maximum absolute atomic E-state index is 12.9. The number of hydrogen-bond acceptors (Lipinski definition) is 3. The summed E-state index contributed by atoms with van der Waals surface area (Å²) in [5, 5.41) is 4.25. The number of rotatable bonds is 5. The maximum Gasteiger partial charge on any atom is 0.272 e. The summed E-state index contributed by atoms with van der Waals surface area (Å²) in [6, 6.07) is 2.26. The molecule has 2 fully saturated rings. The van der Waals surface area contributed by atoms with E-state index in [-0.39, 0.29) is 5.91 Å². The summed E-state index contributed by atoms with van der Waals surface area (Å²) in [4.78, 5) is 17.6. The van der Waals surface area contributed by atoms with E-state index in [1.54, 1.807) is 6.20 Å². The predicted octanol–water partition coefficient (Wildman–Crippen LogP) is 2.38. The number of hydrogen-bond donors (Lipinski definition) is 0. The number of likely N-dealkylation sites (tertiary alicyclic amines) is 2. The van der Waals surface area contributed by atoms with Crippen molar-refractivity contribution in [2.24, 2.45) is 0 Å². The Morgan fingerprint density at radius 1 is 1.23 bits per heavy atom. The first-order valence-electron chi connectivity index (χ1n) is 8.84. The molecule has 0 spiro atoms. The van der Waals surface area contributed by atoms with Gasteiger partial charge in [0.2, 0.25) is 0 Å². The second-order valence-corrected chi connectivity index (χ2v) is 6.52. The van der Waals surface area contributed by atoms with Gasteiger partial charge >= 0.3 is 0 Å². The van der Waals surface area contributed by atoms with Gasteiger partial charge in [-0.15, -0.1) is 0 Å². The topological polar surface area (TPSA) is 41.4 Å². The zero-order chi connectivity index (χ0) is 15.4. The van der Waals surface area contributed by atoms with Crippen LogP contribution in [0.4, 0.5) is 0 Å². The van der Waals surface area contributed by atoms with Crippen molar-refractivity contribution in [1.29, 1.82) is 0 Å². The molecule has 2 saturated heterocycles. The van der Waals surface area contributed by atoms with Crippen molar-refractivity contribution in [2.45, 2.75) is 58.0 Å². The molecule has 5 nitrogen and oxygen atoms in total. The van der Waals surface area contributed by atoms with Gasteiger partial charge in [0.1, 0.15) is 5.69 Å². The van der Waals surface area contributed by atoms with Gasteiger partial charge in [0.25, 0.3) is 5.91 Å². The summed E-state index contributed by atoms with van der Waals surface area (Å²) in [7, 11) is 0. The summed E-state index contributed by atoms with van der Waals surface area (Å²) in [6.07, 6.45) is 9.06. The average Bonchev–Trinajstić information content (AvgIpc) is 3.23. The van der Waals surface area contributed by atoms with Gasteiger partial charge in [0.15, 0.2) is 0 Å². The zero-order valence-corrected chi connectivity index (χ0v) is 13.7. The van der Waals surface area contributed by atoms with E-state index in [0.717, 1.165) is 44.6 Å². The SMILES string of the molecule is CCn1nccc1C(=O)N1CCCCC1CCN1CCCC1. The molecule has 1 aromatic rings. The van der Waals surface area contributed by atoms with Crippen molar-refractivity contribution in [3.63, 3.8) is 0 Å². The van der Waals surface area contributed by atoms with Gasteiger partial charge in [-0.1, -0.05) is 0 Å². The number of aromatic nitrogens is 2. The van der Waals surface area contributed by atoms with Gasteiger partial charge in [-0.25, -0.2) is 0 Å². The van der Waals surface area contributed by atoms with Crippen LogP contribution < -0.4 is 0 Å². The minimum absolute atomic E-state index is 0.172. The van der Waals surface area contributed by atoms with E-state index in [4.69, 9.17) is 0 Å². The monoisotopic (exact) mass is 304 g/mol. The minimum atomic E-state index is 0.172. The lowest BCUT2D eigenvalue weighted by molar-refractivity contribution is 0.0575. The Morgan fingerprint density at radius 2 is 2.00 bits per heavy atom. The van der Waals surface area contributed by atoms with Gasteiger partial charge in [-0.05, 0) is 64.6 Å². The standard InChI is InChI=1S/C17H28N4O/c1-2-21-16(8-10-18-21)17(22)20-13-4-3-7-15(20)9-14-19-11-5-6-12-19/h8,10,15H,2-7,9,11-14H2,1H3. The van der Waals surface area contributed by atoms with Gasteiger partial charge in [0, 0.05) is 31.9 Å². The van der Waals surface area contributed by atoms with Crippen LogP contribution in [0.15, 0.2) is 12.3 Å². The average molecular weight is 304 g/mol. The van der Waals surface area contributed by atoms with E-state index < -0.39 is 0 Å². The molecule has 5 heteroatoms. The third-order valence-electron chi connectivity index (χ3n) is 5.10. The van der Waals surface area contributed by atoms with E-state index >= 15 is 0 Å². The van der Waals surface area contributed by atoms with Gasteiger partial charge in [-0.3, -0.25) is 9.48 Å². The highest BCUT2D eigenvalue weighted by Gasteiger charge is 2.29. The Bertz CT molecular complexity index is 493. The molecule has 3 rings (SSSR count). The van der Waals surface area contributed by atoms with Crippen LogP contribution in [0, 0.1) is 0 Å². The molecule has 0 saturated carbocycles. The van der Waals surface area contributed by atoms with Crippen molar-refractivity contribution >= 4 is 5.91 Å². The summed E-state index contributed by atoms with van der Waals surface area (Å²) in [5.41, 5.74) is 0.746. The van der Waals surface area contributed by atoms with E-state index in [9.17, 15) is 4.79 Å². The van der Waals surface area contributed by atoms with E-state index in [0.29, 0.717) is 6.04 Å². The van der Waals surface area contributed by atoms with Crippen LogP contribution in [0.3, 0.4) is 0 Å². The number of aryl methyl sites for hydroxylation is 1. The maximum atomic E-state index is 12.9. The molecule has 1 atom stereocenters. The third-order valence-corrected chi connectivity index (χ3v) is 5.10. The first-order chi connectivity index (χ1) is 10.8. The molecule has 0 N–H and O–H groups in total. The number of amides is 1. The largest absolute Gasteiger partial charge is 0.334 e. The first-order valence-corrected chi connectivity index (χ1v) is 8.84. The number of piperidine rings is 1. The lowest BCUT2D eigenvalue weighted by Crippen LogP contribution is -2.45. The lowest BCUT2D eigenvalue weighted by atomic mass is 9.98. The van der Waals surface area contributed by atoms with Crippen molar-refractivity contribution in [2.75, 3.05) is 26.2 Å². The quantitative estimate of drug-likeness (QED) is 0.838. The normalized spacial score (nSPS) is 23.1. The van der Waals surface area contributed by atoms with Crippen LogP contribution in [-0.2, 0) is 6.54 Å². The molecule has 0 bridgehead atoms. The van der Waals surface area contributed by atoms with E-state index in [1.807, 2.05) is 17.7 Å². The summed E-state index contributed by atoms with van der Waals surface area (Å²) in [5.74, 6) is 0.172. The highest BCUT2D eigenvalue weighted by molar-refractivity contribution is 5.92. The highest BCUT2D eigenvalue weighted by Crippen LogP contribution is 2.23. The Morgan fingerprint density at radius 3 is 2.77 bits per heavy atom. The molecule has 0 radical (unpaired) electrons. The van der Waals surface area contributed by atoms with Crippen LogP contribution in [0.1, 0.15) is 55.9 Å². The van der Waals surface area contributed by atoms with Gasteiger partial charge in [0.05, 0.1) is 0 Å². The van der Waals surface area contributed by atoms with Crippen molar-refractivity contribution < 1.29 is 4.79 Å². The first kappa shape index (κ1) is 15.5. The Balaban J connectivity index is 1.64. The summed E-state index contributed by atoms with van der Waals surface area (Å²) >= 11 is 0. The third kappa shape index (κ3) is 3.35.